The zero-order chi connectivity index (χ0) is 18.7. The number of nitrogens with zero attached hydrogens (tertiary/aromatic N) is 3. The monoisotopic (exact) mass is 375 g/mol. The fourth-order valence-corrected chi connectivity index (χ4v) is 3.49. The fourth-order valence-electron chi connectivity index (χ4n) is 3.27. The smallest absolute Gasteiger partial charge is 0.310 e. The number of para-hydroxylation sites is 1. The molecule has 7 heteroatoms. The van der Waals surface area contributed by atoms with E-state index in [4.69, 9.17) is 16.3 Å². The summed E-state index contributed by atoms with van der Waals surface area (Å²) in [4.78, 5) is 26.7. The number of halogens is 1. The first-order valence-electron chi connectivity index (χ1n) is 8.78. The highest BCUT2D eigenvalue weighted by Gasteiger charge is 2.31. The Bertz CT molecular complexity index is 818. The predicted molar refractivity (Wildman–Crippen MR) is 98.6 cm³/mol. The number of hydrogen-bond donors (Lipinski definition) is 0. The van der Waals surface area contributed by atoms with E-state index in [9.17, 15) is 9.59 Å². The zero-order valence-electron chi connectivity index (χ0n) is 14.9. The standard InChI is InChI=1S/C19H22ClN3O3/c1-3-26-19(25)14-7-6-10-22(12-14)18(24)15-11-21-23(13(15)2)17-9-5-4-8-16(17)20/h4-5,8-9,11,14H,3,6-7,10,12H2,1-2H3/t14-/m1/s1. The van der Waals surface area contributed by atoms with Crippen LogP contribution < -0.4 is 0 Å². The molecule has 1 aliphatic heterocycles. The van der Waals surface area contributed by atoms with Crippen molar-refractivity contribution in [1.82, 2.24) is 14.7 Å². The lowest BCUT2D eigenvalue weighted by atomic mass is 9.97. The summed E-state index contributed by atoms with van der Waals surface area (Å²) in [7, 11) is 0. The maximum Gasteiger partial charge on any atom is 0.310 e. The number of piperidine rings is 1. The van der Waals surface area contributed by atoms with Gasteiger partial charge in [0.25, 0.3) is 5.91 Å². The predicted octanol–water partition coefficient (Wildman–Crippen LogP) is 3.25. The molecular formula is C19H22ClN3O3. The molecule has 1 fully saturated rings. The van der Waals surface area contributed by atoms with Crippen molar-refractivity contribution >= 4 is 23.5 Å². The van der Waals surface area contributed by atoms with Crippen LogP contribution in [0.5, 0.6) is 0 Å². The van der Waals surface area contributed by atoms with Gasteiger partial charge in [-0.2, -0.15) is 5.10 Å². The molecule has 1 aromatic heterocycles. The molecule has 1 amide bonds. The lowest BCUT2D eigenvalue weighted by Gasteiger charge is -2.31. The Balaban J connectivity index is 1.80. The molecule has 2 heterocycles. The average Bonchev–Trinajstić information content (AvgIpc) is 3.03. The average molecular weight is 376 g/mol. The first kappa shape index (κ1) is 18.5. The summed E-state index contributed by atoms with van der Waals surface area (Å²) in [5, 5.41) is 4.91. The minimum Gasteiger partial charge on any atom is -0.466 e. The van der Waals surface area contributed by atoms with Gasteiger partial charge >= 0.3 is 5.97 Å². The van der Waals surface area contributed by atoms with Crippen molar-refractivity contribution in [3.8, 4) is 5.69 Å². The highest BCUT2D eigenvalue weighted by Crippen LogP contribution is 2.24. The molecule has 2 aromatic rings. The van der Waals surface area contributed by atoms with Gasteiger partial charge in [0.05, 0.1) is 40.7 Å². The Morgan fingerprint density at radius 1 is 1.35 bits per heavy atom. The summed E-state index contributed by atoms with van der Waals surface area (Å²) in [6, 6.07) is 7.36. The number of likely N-dealkylation sites (tertiary alicyclic amines) is 1. The van der Waals surface area contributed by atoms with Crippen LogP contribution in [0.3, 0.4) is 0 Å². The number of carbonyl (C=O) groups is 2. The number of ether oxygens (including phenoxy) is 1. The lowest BCUT2D eigenvalue weighted by molar-refractivity contribution is -0.149. The quantitative estimate of drug-likeness (QED) is 0.769. The molecule has 1 atom stereocenters. The van der Waals surface area contributed by atoms with Crippen LogP contribution in [0.1, 0.15) is 35.8 Å². The Morgan fingerprint density at radius 2 is 2.12 bits per heavy atom. The van der Waals surface area contributed by atoms with Crippen LogP contribution in [0.25, 0.3) is 5.69 Å². The molecule has 0 saturated carbocycles. The molecule has 138 valence electrons. The first-order valence-corrected chi connectivity index (χ1v) is 9.16. The summed E-state index contributed by atoms with van der Waals surface area (Å²) >= 11 is 6.24. The van der Waals surface area contributed by atoms with Crippen molar-refractivity contribution in [1.29, 1.82) is 0 Å². The van der Waals surface area contributed by atoms with Gasteiger partial charge in [0.2, 0.25) is 0 Å². The van der Waals surface area contributed by atoms with Gasteiger partial charge in [-0.15, -0.1) is 0 Å². The molecule has 26 heavy (non-hydrogen) atoms. The second-order valence-corrected chi connectivity index (χ2v) is 6.76. The van der Waals surface area contributed by atoms with Gasteiger partial charge in [0.15, 0.2) is 0 Å². The number of carbonyl (C=O) groups excluding carboxylic acids is 2. The van der Waals surface area contributed by atoms with Crippen LogP contribution >= 0.6 is 11.6 Å². The van der Waals surface area contributed by atoms with Crippen molar-refractivity contribution in [2.24, 2.45) is 5.92 Å². The van der Waals surface area contributed by atoms with Crippen LogP contribution in [0.4, 0.5) is 0 Å². The summed E-state index contributed by atoms with van der Waals surface area (Å²) in [6.45, 7) is 5.00. The molecule has 0 aliphatic carbocycles. The Labute approximate surface area is 157 Å². The molecule has 1 aliphatic rings. The van der Waals surface area contributed by atoms with E-state index in [-0.39, 0.29) is 17.8 Å². The minimum atomic E-state index is -0.258. The molecular weight excluding hydrogens is 354 g/mol. The van der Waals surface area contributed by atoms with Gasteiger partial charge in [-0.1, -0.05) is 23.7 Å². The third-order valence-electron chi connectivity index (χ3n) is 4.65. The normalized spacial score (nSPS) is 17.2. The molecule has 0 N–H and O–H groups in total. The largest absolute Gasteiger partial charge is 0.466 e. The molecule has 1 aromatic carbocycles. The van der Waals surface area contributed by atoms with Crippen molar-refractivity contribution in [2.45, 2.75) is 26.7 Å². The maximum atomic E-state index is 13.0. The van der Waals surface area contributed by atoms with Gasteiger partial charge in [0.1, 0.15) is 0 Å². The van der Waals surface area contributed by atoms with Gasteiger partial charge in [0, 0.05) is 13.1 Å². The van der Waals surface area contributed by atoms with Gasteiger partial charge < -0.3 is 9.64 Å². The lowest BCUT2D eigenvalue weighted by Crippen LogP contribution is -2.43. The highest BCUT2D eigenvalue weighted by molar-refractivity contribution is 6.32. The molecule has 0 radical (unpaired) electrons. The molecule has 3 rings (SSSR count). The van der Waals surface area contributed by atoms with E-state index in [1.807, 2.05) is 25.1 Å². The van der Waals surface area contributed by atoms with Crippen molar-refractivity contribution in [2.75, 3.05) is 19.7 Å². The second-order valence-electron chi connectivity index (χ2n) is 6.35. The molecule has 1 saturated heterocycles. The molecule has 0 spiro atoms. The highest BCUT2D eigenvalue weighted by atomic mass is 35.5. The zero-order valence-corrected chi connectivity index (χ0v) is 15.7. The van der Waals surface area contributed by atoms with Gasteiger partial charge in [-0.3, -0.25) is 9.59 Å². The second kappa shape index (κ2) is 7.91. The van der Waals surface area contributed by atoms with E-state index in [0.29, 0.717) is 30.3 Å². The van der Waals surface area contributed by atoms with Crippen molar-refractivity contribution in [3.05, 3.63) is 46.7 Å². The van der Waals surface area contributed by atoms with Crippen molar-refractivity contribution in [3.63, 3.8) is 0 Å². The van der Waals surface area contributed by atoms with Crippen LogP contribution in [-0.4, -0.2) is 46.3 Å². The van der Waals surface area contributed by atoms with Crippen LogP contribution in [0, 0.1) is 12.8 Å². The van der Waals surface area contributed by atoms with E-state index in [2.05, 4.69) is 5.10 Å². The van der Waals surface area contributed by atoms with Crippen molar-refractivity contribution < 1.29 is 14.3 Å². The number of esters is 1. The number of hydrogen-bond acceptors (Lipinski definition) is 4. The van der Waals surface area contributed by atoms with Gasteiger partial charge in [-0.05, 0) is 38.8 Å². The number of aromatic nitrogens is 2. The topological polar surface area (TPSA) is 64.4 Å². The van der Waals surface area contributed by atoms with E-state index in [0.717, 1.165) is 24.2 Å². The Morgan fingerprint density at radius 3 is 2.85 bits per heavy atom. The number of rotatable bonds is 4. The summed E-state index contributed by atoms with van der Waals surface area (Å²) < 4.78 is 6.77. The van der Waals surface area contributed by atoms with E-state index >= 15 is 0 Å². The minimum absolute atomic E-state index is 0.116. The van der Waals surface area contributed by atoms with Crippen LogP contribution in [0.2, 0.25) is 5.02 Å². The van der Waals surface area contributed by atoms with E-state index < -0.39 is 0 Å². The Kier molecular flexibility index (Phi) is 5.61. The summed E-state index contributed by atoms with van der Waals surface area (Å²) in [5.41, 5.74) is 1.98. The number of benzene rings is 1. The fraction of sp³-hybridized carbons (Fsp3) is 0.421. The third kappa shape index (κ3) is 3.60. The maximum absolute atomic E-state index is 13.0. The molecule has 6 nitrogen and oxygen atoms in total. The van der Waals surface area contributed by atoms with E-state index in [1.54, 1.807) is 28.8 Å². The molecule has 0 bridgehead atoms. The van der Waals surface area contributed by atoms with Crippen LogP contribution in [-0.2, 0) is 9.53 Å². The summed E-state index contributed by atoms with van der Waals surface area (Å²) in [5.74, 6) is -0.602. The number of amides is 1. The van der Waals surface area contributed by atoms with Gasteiger partial charge in [-0.25, -0.2) is 4.68 Å². The third-order valence-corrected chi connectivity index (χ3v) is 4.97. The summed E-state index contributed by atoms with van der Waals surface area (Å²) in [6.07, 6.45) is 3.10. The van der Waals surface area contributed by atoms with Crippen LogP contribution in [0.15, 0.2) is 30.5 Å². The Hall–Kier alpha value is -2.34. The van der Waals surface area contributed by atoms with E-state index in [1.165, 1.54) is 0 Å². The first-order chi connectivity index (χ1) is 12.5. The molecule has 0 unspecified atom stereocenters. The SMILES string of the molecule is CCOC(=O)[C@@H]1CCCN(C(=O)c2cnn(-c3ccccc3Cl)c2C)C1.